The second kappa shape index (κ2) is 13.1. The van der Waals surface area contributed by atoms with Gasteiger partial charge in [-0.25, -0.2) is 0 Å². The highest BCUT2D eigenvalue weighted by Gasteiger charge is 2.38. The first-order valence-electron chi connectivity index (χ1n) is 20.3. The van der Waals surface area contributed by atoms with Crippen LogP contribution in [0.25, 0.3) is 38.6 Å². The predicted molar refractivity (Wildman–Crippen MR) is 225 cm³/mol. The lowest BCUT2D eigenvalue weighted by Crippen LogP contribution is -2.16. The molecule has 53 heavy (non-hydrogen) atoms. The lowest BCUT2D eigenvalue weighted by atomic mass is 9.82. The average molecular weight is 691 g/mol. The molecule has 3 aliphatic carbocycles. The summed E-state index contributed by atoms with van der Waals surface area (Å²) in [5.41, 5.74) is 15.8. The Morgan fingerprint density at radius 3 is 1.70 bits per heavy atom. The summed E-state index contributed by atoms with van der Waals surface area (Å²) in [6, 6.07) is 51.1. The van der Waals surface area contributed by atoms with Gasteiger partial charge in [0.25, 0.3) is 0 Å². The van der Waals surface area contributed by atoms with E-state index in [0.29, 0.717) is 11.8 Å². The van der Waals surface area contributed by atoms with E-state index in [0.717, 1.165) is 0 Å². The second-order valence-electron chi connectivity index (χ2n) is 16.6. The zero-order chi connectivity index (χ0) is 35.5. The van der Waals surface area contributed by atoms with Gasteiger partial charge in [-0.1, -0.05) is 131 Å². The van der Waals surface area contributed by atoms with Gasteiger partial charge in [0, 0.05) is 44.5 Å². The molecule has 1 heterocycles. The molecule has 0 saturated heterocycles. The van der Waals surface area contributed by atoms with Crippen LogP contribution in [0.5, 0.6) is 0 Å². The van der Waals surface area contributed by atoms with Crippen LogP contribution >= 0.6 is 0 Å². The Kier molecular flexibility index (Phi) is 8.05. The molecular weight excluding hydrogens is 641 g/mol. The monoisotopic (exact) mass is 690 g/mol. The summed E-state index contributed by atoms with van der Waals surface area (Å²) in [7, 11) is 0. The second-order valence-corrected chi connectivity index (χ2v) is 16.6. The maximum absolute atomic E-state index is 2.51. The molecule has 264 valence electrons. The van der Waals surface area contributed by atoms with Crippen molar-refractivity contribution in [3.05, 3.63) is 156 Å². The number of anilines is 3. The summed E-state index contributed by atoms with van der Waals surface area (Å²) < 4.78 is 2.50. The number of aromatic nitrogens is 1. The van der Waals surface area contributed by atoms with Crippen LogP contribution in [-0.2, 0) is 5.41 Å². The predicted octanol–water partition coefficient (Wildman–Crippen LogP) is 14.7. The van der Waals surface area contributed by atoms with E-state index in [1.54, 1.807) is 0 Å². The maximum Gasteiger partial charge on any atom is 0.0622 e. The van der Waals surface area contributed by atoms with Crippen molar-refractivity contribution in [3.8, 4) is 16.8 Å². The Morgan fingerprint density at radius 2 is 1.08 bits per heavy atom. The number of hydrogen-bond donors (Lipinski definition) is 0. The Hall–Kier alpha value is -5.08. The van der Waals surface area contributed by atoms with E-state index in [1.807, 2.05) is 0 Å². The van der Waals surface area contributed by atoms with Crippen molar-refractivity contribution in [3.63, 3.8) is 0 Å². The van der Waals surface area contributed by atoms with Gasteiger partial charge in [-0.3, -0.25) is 0 Å². The van der Waals surface area contributed by atoms with Crippen molar-refractivity contribution in [2.75, 3.05) is 4.90 Å². The molecule has 7 aromatic rings. The summed E-state index contributed by atoms with van der Waals surface area (Å²) >= 11 is 0. The number of rotatable bonds is 6. The molecule has 0 amide bonds. The summed E-state index contributed by atoms with van der Waals surface area (Å²) in [6.45, 7) is 4.84. The van der Waals surface area contributed by atoms with Gasteiger partial charge in [0.1, 0.15) is 0 Å². The number of fused-ring (bicyclic) bond motifs is 7. The van der Waals surface area contributed by atoms with Crippen LogP contribution in [-0.4, -0.2) is 4.57 Å². The SMILES string of the molecule is CC1(C)c2cc(N(c3ccc(C4CCCCC4)cc3)c3ccc(C4CCCCC4)cc3)ccc2-c2c1ccc1c3ccccc3n(-c3ccccc3)c21. The van der Waals surface area contributed by atoms with E-state index < -0.39 is 0 Å². The van der Waals surface area contributed by atoms with Crippen molar-refractivity contribution in [1.82, 2.24) is 4.57 Å². The highest BCUT2D eigenvalue weighted by atomic mass is 15.1. The normalized spacial score (nSPS) is 17.2. The van der Waals surface area contributed by atoms with Crippen molar-refractivity contribution in [2.45, 2.75) is 95.3 Å². The lowest BCUT2D eigenvalue weighted by molar-refractivity contribution is 0.443. The van der Waals surface area contributed by atoms with E-state index in [4.69, 9.17) is 0 Å². The zero-order valence-corrected chi connectivity index (χ0v) is 31.3. The first-order chi connectivity index (χ1) is 26.1. The third kappa shape index (κ3) is 5.44. The smallest absolute Gasteiger partial charge is 0.0622 e. The van der Waals surface area contributed by atoms with Crippen LogP contribution in [0.1, 0.15) is 112 Å². The zero-order valence-electron chi connectivity index (χ0n) is 31.3. The molecule has 3 aliphatic rings. The van der Waals surface area contributed by atoms with Crippen molar-refractivity contribution in [1.29, 1.82) is 0 Å². The van der Waals surface area contributed by atoms with E-state index in [2.05, 4.69) is 157 Å². The van der Waals surface area contributed by atoms with Gasteiger partial charge in [-0.2, -0.15) is 0 Å². The molecule has 0 atom stereocenters. The molecule has 0 N–H and O–H groups in total. The van der Waals surface area contributed by atoms with Gasteiger partial charge < -0.3 is 9.47 Å². The van der Waals surface area contributed by atoms with Gasteiger partial charge in [0.05, 0.1) is 11.0 Å². The number of para-hydroxylation sites is 2. The topological polar surface area (TPSA) is 8.17 Å². The lowest BCUT2D eigenvalue weighted by Gasteiger charge is -2.29. The average Bonchev–Trinajstić information content (AvgIpc) is 3.68. The Morgan fingerprint density at radius 1 is 0.509 bits per heavy atom. The fraction of sp³-hybridized carbons (Fsp3) is 0.294. The fourth-order valence-corrected chi connectivity index (χ4v) is 10.4. The summed E-state index contributed by atoms with van der Waals surface area (Å²) in [6.07, 6.45) is 13.5. The van der Waals surface area contributed by atoms with Gasteiger partial charge in [-0.05, 0) is 120 Å². The van der Waals surface area contributed by atoms with E-state index in [1.165, 1.54) is 142 Å². The quantitative estimate of drug-likeness (QED) is 0.169. The minimum absolute atomic E-state index is 0.159. The highest BCUT2D eigenvalue weighted by Crippen LogP contribution is 2.54. The number of nitrogens with zero attached hydrogens (tertiary/aromatic N) is 2. The molecular formula is C51H50N2. The maximum atomic E-state index is 2.51. The molecule has 2 heteroatoms. The molecule has 2 saturated carbocycles. The molecule has 1 aromatic heterocycles. The first-order valence-corrected chi connectivity index (χ1v) is 20.3. The molecule has 0 unspecified atom stereocenters. The standard InChI is InChI=1S/C51H50N2/c1-51(2)46-33-32-44-43-20-12-13-21-48(43)53(39-18-10-5-11-19-39)50(44)49(46)45-31-30-42(34-47(45)51)52(40-26-22-37(23-27-40)35-14-6-3-7-15-35)41-28-24-38(25-29-41)36-16-8-4-9-17-36/h5,10-13,18-36H,3-4,6-9,14-17H2,1-2H3. The first kappa shape index (κ1) is 32.6. The molecule has 0 radical (unpaired) electrons. The number of hydrogen-bond acceptors (Lipinski definition) is 1. The molecule has 0 aliphatic heterocycles. The fourth-order valence-electron chi connectivity index (χ4n) is 10.4. The molecule has 0 spiro atoms. The summed E-state index contributed by atoms with van der Waals surface area (Å²) in [4.78, 5) is 2.51. The van der Waals surface area contributed by atoms with Crippen LogP contribution in [0.3, 0.4) is 0 Å². The van der Waals surface area contributed by atoms with Crippen LogP contribution < -0.4 is 4.90 Å². The van der Waals surface area contributed by atoms with Gasteiger partial charge >= 0.3 is 0 Å². The van der Waals surface area contributed by atoms with Crippen LogP contribution in [0.2, 0.25) is 0 Å². The van der Waals surface area contributed by atoms with Crippen molar-refractivity contribution in [2.24, 2.45) is 0 Å². The van der Waals surface area contributed by atoms with Crippen LogP contribution in [0, 0.1) is 0 Å². The Labute approximate surface area is 315 Å². The Bertz CT molecular complexity index is 2360. The molecule has 10 rings (SSSR count). The minimum atomic E-state index is -0.159. The van der Waals surface area contributed by atoms with Crippen LogP contribution in [0.4, 0.5) is 17.1 Å². The minimum Gasteiger partial charge on any atom is -0.310 e. The van der Waals surface area contributed by atoms with E-state index in [-0.39, 0.29) is 5.41 Å². The van der Waals surface area contributed by atoms with Gasteiger partial charge in [-0.15, -0.1) is 0 Å². The molecule has 2 nitrogen and oxygen atoms in total. The van der Waals surface area contributed by atoms with Crippen LogP contribution in [0.15, 0.2) is 133 Å². The van der Waals surface area contributed by atoms with E-state index in [9.17, 15) is 0 Å². The third-order valence-electron chi connectivity index (χ3n) is 13.2. The van der Waals surface area contributed by atoms with Crippen molar-refractivity contribution < 1.29 is 0 Å². The molecule has 6 aromatic carbocycles. The van der Waals surface area contributed by atoms with E-state index >= 15 is 0 Å². The summed E-state index contributed by atoms with van der Waals surface area (Å²) in [5, 5.41) is 2.62. The highest BCUT2D eigenvalue weighted by molar-refractivity contribution is 6.15. The number of benzene rings is 6. The third-order valence-corrected chi connectivity index (χ3v) is 13.2. The Balaban J connectivity index is 1.12. The van der Waals surface area contributed by atoms with Gasteiger partial charge in [0.2, 0.25) is 0 Å². The largest absolute Gasteiger partial charge is 0.310 e. The molecule has 0 bridgehead atoms. The molecule has 2 fully saturated rings. The van der Waals surface area contributed by atoms with Gasteiger partial charge in [0.15, 0.2) is 0 Å². The summed E-state index contributed by atoms with van der Waals surface area (Å²) in [5.74, 6) is 1.40. The van der Waals surface area contributed by atoms with Crippen molar-refractivity contribution >= 4 is 38.9 Å².